The number of rotatable bonds is 3. The molecule has 0 bridgehead atoms. The number of amides is 1. The minimum Gasteiger partial charge on any atom is -0.319 e. The van der Waals surface area contributed by atoms with Crippen LogP contribution in [0.2, 0.25) is 0 Å². The summed E-state index contributed by atoms with van der Waals surface area (Å²) in [6.45, 7) is 0.0651. The Bertz CT molecular complexity index is 802. The third-order valence-corrected chi connectivity index (χ3v) is 3.27. The number of carbonyl (C=O) groups is 1. The molecular weight excluding hydrogens is 321 g/mol. The first-order valence-corrected chi connectivity index (χ1v) is 6.57. The Morgan fingerprint density at radius 1 is 1.50 bits per heavy atom. The first kappa shape index (κ1) is 15.7. The van der Waals surface area contributed by atoms with Crippen LogP contribution in [0.4, 0.5) is 18.9 Å². The van der Waals surface area contributed by atoms with Crippen molar-refractivity contribution < 1.29 is 18.0 Å². The van der Waals surface area contributed by atoms with Crippen molar-refractivity contribution in [2.24, 2.45) is 10.1 Å². The average molecular weight is 328 g/mol. The number of alkyl halides is 3. The number of nitrogens with zero attached hydrogens (tertiary/aromatic N) is 6. The van der Waals surface area contributed by atoms with Gasteiger partial charge in [-0.25, -0.2) is 0 Å². The number of aromatic nitrogens is 2. The van der Waals surface area contributed by atoms with E-state index in [0.717, 1.165) is 11.3 Å². The van der Waals surface area contributed by atoms with Crippen LogP contribution in [-0.2, 0) is 11.3 Å². The summed E-state index contributed by atoms with van der Waals surface area (Å²) in [7, 11) is 0. The van der Waals surface area contributed by atoms with Crippen LogP contribution >= 0.6 is 11.3 Å². The van der Waals surface area contributed by atoms with Gasteiger partial charge in [0.05, 0.1) is 6.54 Å². The number of pyridine rings is 1. The maximum atomic E-state index is 12.3. The van der Waals surface area contributed by atoms with Gasteiger partial charge in [0.15, 0.2) is 4.80 Å². The molecule has 0 saturated heterocycles. The molecule has 0 fully saturated rings. The summed E-state index contributed by atoms with van der Waals surface area (Å²) in [5.74, 6) is -2.18. The Labute approximate surface area is 125 Å². The van der Waals surface area contributed by atoms with Crippen molar-refractivity contribution in [3.05, 3.63) is 50.8 Å². The molecule has 2 rings (SSSR count). The summed E-state index contributed by atoms with van der Waals surface area (Å²) < 4.78 is 38.1. The third-order valence-electron chi connectivity index (χ3n) is 2.47. The van der Waals surface area contributed by atoms with Gasteiger partial charge in [0, 0.05) is 34.6 Å². The fourth-order valence-corrected chi connectivity index (χ4v) is 2.25. The van der Waals surface area contributed by atoms with E-state index in [9.17, 15) is 18.0 Å². The van der Waals surface area contributed by atoms with Crippen LogP contribution in [0.25, 0.3) is 10.4 Å². The van der Waals surface area contributed by atoms with Crippen LogP contribution in [0.5, 0.6) is 0 Å². The second-order valence-corrected chi connectivity index (χ2v) is 4.80. The Hall–Kier alpha value is -2.65. The summed E-state index contributed by atoms with van der Waals surface area (Å²) in [5, 5.41) is 4.96. The lowest BCUT2D eigenvalue weighted by atomic mass is 10.2. The quantitative estimate of drug-likeness (QED) is 0.492. The molecule has 114 valence electrons. The van der Waals surface area contributed by atoms with Crippen LogP contribution in [0.15, 0.2) is 40.1 Å². The van der Waals surface area contributed by atoms with Crippen LogP contribution in [0, 0.1) is 0 Å². The number of thiazole rings is 1. The molecule has 7 nitrogen and oxygen atoms in total. The van der Waals surface area contributed by atoms with Gasteiger partial charge in [0.2, 0.25) is 0 Å². The Balaban J connectivity index is 2.38. The van der Waals surface area contributed by atoms with Gasteiger partial charge in [-0.2, -0.15) is 18.2 Å². The van der Waals surface area contributed by atoms with E-state index < -0.39 is 12.1 Å². The maximum absolute atomic E-state index is 12.3. The molecule has 22 heavy (non-hydrogen) atoms. The van der Waals surface area contributed by atoms with E-state index in [1.165, 1.54) is 34.6 Å². The van der Waals surface area contributed by atoms with Crippen molar-refractivity contribution in [1.82, 2.24) is 9.55 Å². The van der Waals surface area contributed by atoms with Gasteiger partial charge >= 0.3 is 12.1 Å². The van der Waals surface area contributed by atoms with Gasteiger partial charge in [-0.15, -0.1) is 11.3 Å². The molecule has 0 spiro atoms. The molecule has 2 heterocycles. The largest absolute Gasteiger partial charge is 0.473 e. The van der Waals surface area contributed by atoms with Gasteiger partial charge in [-0.3, -0.25) is 9.78 Å². The number of halogens is 3. The Morgan fingerprint density at radius 3 is 2.95 bits per heavy atom. The van der Waals surface area contributed by atoms with Crippen molar-refractivity contribution in [3.63, 3.8) is 0 Å². The zero-order valence-corrected chi connectivity index (χ0v) is 11.5. The molecule has 0 aliphatic heterocycles. The smallest absolute Gasteiger partial charge is 0.319 e. The Kier molecular flexibility index (Phi) is 4.59. The third kappa shape index (κ3) is 3.71. The lowest BCUT2D eigenvalue weighted by Gasteiger charge is -2.06. The molecule has 1 amide bonds. The molecule has 0 N–H and O–H groups in total. The molecule has 11 heteroatoms. The second kappa shape index (κ2) is 6.41. The van der Waals surface area contributed by atoms with Crippen LogP contribution in [0.3, 0.4) is 0 Å². The highest BCUT2D eigenvalue weighted by atomic mass is 32.1. The van der Waals surface area contributed by atoms with Crippen LogP contribution < -0.4 is 4.80 Å². The van der Waals surface area contributed by atoms with E-state index in [1.807, 2.05) is 0 Å². The molecule has 0 aliphatic rings. The molecule has 2 aromatic heterocycles. The summed E-state index contributed by atoms with van der Waals surface area (Å²) in [6.07, 6.45) is -0.708. The minimum absolute atomic E-state index is 0.0651. The molecule has 0 aromatic carbocycles. The van der Waals surface area contributed by atoms with Gasteiger partial charge in [-0.05, 0) is 17.2 Å². The second-order valence-electron chi connectivity index (χ2n) is 3.92. The number of carbonyl (C=O) groups excluding carboxylic acids is 1. The van der Waals surface area contributed by atoms with Gasteiger partial charge in [-0.1, -0.05) is 5.11 Å². The number of azide groups is 1. The normalized spacial score (nSPS) is 12.0. The highest BCUT2D eigenvalue weighted by Crippen LogP contribution is 2.19. The first-order valence-electron chi connectivity index (χ1n) is 5.69. The molecular formula is C11H7F3N6OS. The standard InChI is InChI=1S/C11H7F3N6OS/c12-11(13,14)9(21)17-10-20(3-4-22-10)6-7-5-16-2-1-8(7)18-19-15/h1-5H,6H2. The van der Waals surface area contributed by atoms with E-state index >= 15 is 0 Å². The SMILES string of the molecule is [N-]=[N+]=Nc1ccncc1Cn1ccsc1=NC(=O)C(F)(F)F. The monoisotopic (exact) mass is 328 g/mol. The minimum atomic E-state index is -5.02. The number of hydrogen-bond donors (Lipinski definition) is 0. The van der Waals surface area contributed by atoms with Gasteiger partial charge < -0.3 is 4.57 Å². The highest BCUT2D eigenvalue weighted by Gasteiger charge is 2.38. The summed E-state index contributed by atoms with van der Waals surface area (Å²) in [4.78, 5) is 20.4. The molecule has 0 radical (unpaired) electrons. The zero-order valence-electron chi connectivity index (χ0n) is 10.7. The lowest BCUT2D eigenvalue weighted by Crippen LogP contribution is -2.25. The molecule has 0 aliphatic carbocycles. The van der Waals surface area contributed by atoms with Crippen molar-refractivity contribution in [2.45, 2.75) is 12.7 Å². The zero-order chi connectivity index (χ0) is 16.2. The fraction of sp³-hybridized carbons (Fsp3) is 0.182. The van der Waals surface area contributed by atoms with Gasteiger partial charge in [0.25, 0.3) is 0 Å². The van der Waals surface area contributed by atoms with E-state index in [2.05, 4.69) is 20.0 Å². The highest BCUT2D eigenvalue weighted by molar-refractivity contribution is 7.07. The van der Waals surface area contributed by atoms with Gasteiger partial charge in [0.1, 0.15) is 0 Å². The predicted molar refractivity (Wildman–Crippen MR) is 71.1 cm³/mol. The Morgan fingerprint density at radius 2 is 2.27 bits per heavy atom. The van der Waals surface area contributed by atoms with E-state index in [0.29, 0.717) is 11.3 Å². The maximum Gasteiger partial charge on any atom is 0.473 e. The predicted octanol–water partition coefficient (Wildman–Crippen LogP) is 2.92. The van der Waals surface area contributed by atoms with E-state index in [4.69, 9.17) is 5.53 Å². The molecule has 0 atom stereocenters. The number of hydrogen-bond acceptors (Lipinski definition) is 4. The van der Waals surface area contributed by atoms with Crippen molar-refractivity contribution in [3.8, 4) is 0 Å². The molecule has 0 unspecified atom stereocenters. The van der Waals surface area contributed by atoms with Crippen molar-refractivity contribution in [1.29, 1.82) is 0 Å². The summed E-state index contributed by atoms with van der Waals surface area (Å²) in [6, 6.07) is 1.47. The van der Waals surface area contributed by atoms with E-state index in [1.54, 1.807) is 0 Å². The van der Waals surface area contributed by atoms with Crippen LogP contribution in [-0.4, -0.2) is 21.6 Å². The summed E-state index contributed by atoms with van der Waals surface area (Å²) >= 11 is 0.884. The molecule has 2 aromatic rings. The van der Waals surface area contributed by atoms with E-state index in [-0.39, 0.29) is 11.3 Å². The fourth-order valence-electron chi connectivity index (χ4n) is 1.53. The first-order chi connectivity index (χ1) is 10.4. The van der Waals surface area contributed by atoms with Crippen molar-refractivity contribution in [2.75, 3.05) is 0 Å². The average Bonchev–Trinajstić information content (AvgIpc) is 2.87. The molecule has 0 saturated carbocycles. The van der Waals surface area contributed by atoms with Crippen LogP contribution in [0.1, 0.15) is 5.56 Å². The van der Waals surface area contributed by atoms with Crippen molar-refractivity contribution >= 4 is 22.9 Å². The topological polar surface area (TPSA) is 96.0 Å². The summed E-state index contributed by atoms with van der Waals surface area (Å²) in [5.41, 5.74) is 9.26. The lowest BCUT2D eigenvalue weighted by molar-refractivity contribution is -0.169.